The van der Waals surface area contributed by atoms with Gasteiger partial charge < -0.3 is 5.32 Å². The highest BCUT2D eigenvalue weighted by Gasteiger charge is 2.08. The quantitative estimate of drug-likeness (QED) is 0.835. The Morgan fingerprint density at radius 2 is 2.07 bits per heavy atom. The van der Waals surface area contributed by atoms with E-state index >= 15 is 0 Å². The Labute approximate surface area is 165 Å². The SMILES string of the molecule is C[C@H](NC1=C/C=C/C=C/C(Cl)=N\1)c1cccc(C#S(=O)c2cccnc2)c1. The molecule has 3 rings (SSSR count). The largest absolute Gasteiger partial charge is 0.364 e. The van der Waals surface area contributed by atoms with Crippen molar-refractivity contribution in [2.75, 3.05) is 0 Å². The number of aliphatic imine (C=N–C) groups is 1. The summed E-state index contributed by atoms with van der Waals surface area (Å²) < 4.78 is 12.4. The van der Waals surface area contributed by atoms with E-state index in [1.807, 2.05) is 55.5 Å². The van der Waals surface area contributed by atoms with Crippen LogP contribution in [0.5, 0.6) is 0 Å². The second-order valence-electron chi connectivity index (χ2n) is 5.78. The van der Waals surface area contributed by atoms with E-state index < -0.39 is 10.2 Å². The zero-order valence-corrected chi connectivity index (χ0v) is 16.2. The summed E-state index contributed by atoms with van der Waals surface area (Å²) in [6.45, 7) is 2.03. The third-order valence-corrected chi connectivity index (χ3v) is 5.05. The van der Waals surface area contributed by atoms with Crippen LogP contribution in [-0.2, 0) is 10.2 Å². The third-order valence-electron chi connectivity index (χ3n) is 3.75. The predicted octanol–water partition coefficient (Wildman–Crippen LogP) is 4.45. The van der Waals surface area contributed by atoms with Crippen LogP contribution in [0.2, 0.25) is 0 Å². The lowest BCUT2D eigenvalue weighted by Crippen LogP contribution is -2.17. The molecule has 1 aliphatic rings. The Bertz CT molecular complexity index is 1080. The van der Waals surface area contributed by atoms with Gasteiger partial charge in [-0.2, -0.15) is 0 Å². The highest BCUT2D eigenvalue weighted by atomic mass is 35.5. The van der Waals surface area contributed by atoms with Gasteiger partial charge in [0, 0.05) is 24.0 Å². The van der Waals surface area contributed by atoms with Crippen molar-refractivity contribution in [3.05, 3.63) is 96.1 Å². The Balaban J connectivity index is 1.82. The van der Waals surface area contributed by atoms with E-state index in [2.05, 4.69) is 20.5 Å². The topological polar surface area (TPSA) is 54.4 Å². The lowest BCUT2D eigenvalue weighted by molar-refractivity contribution is 0.648. The lowest BCUT2D eigenvalue weighted by atomic mass is 10.1. The molecular weight excluding hydrogens is 378 g/mol. The number of pyridine rings is 1. The molecule has 1 aromatic carbocycles. The monoisotopic (exact) mass is 395 g/mol. The Hall–Kier alpha value is -2.85. The molecule has 0 fully saturated rings. The summed E-state index contributed by atoms with van der Waals surface area (Å²) in [6, 6.07) is 11.3. The number of allylic oxidation sites excluding steroid dienone is 5. The first kappa shape index (κ1) is 18.9. The molecule has 1 aliphatic heterocycles. The number of nitrogens with one attached hydrogen (secondary N) is 1. The van der Waals surface area contributed by atoms with Gasteiger partial charge in [-0.15, -0.1) is 0 Å². The van der Waals surface area contributed by atoms with Crippen molar-refractivity contribution in [2.24, 2.45) is 4.99 Å². The highest BCUT2D eigenvalue weighted by molar-refractivity contribution is 7.74. The van der Waals surface area contributed by atoms with Gasteiger partial charge in [0.05, 0.1) is 15.1 Å². The number of rotatable bonds is 3. The minimum Gasteiger partial charge on any atom is -0.364 e. The summed E-state index contributed by atoms with van der Waals surface area (Å²) in [5.41, 5.74) is 1.79. The molecule has 0 spiro atoms. The van der Waals surface area contributed by atoms with Crippen LogP contribution in [-0.4, -0.2) is 14.4 Å². The number of benzene rings is 1. The average molecular weight is 396 g/mol. The molecule has 27 heavy (non-hydrogen) atoms. The molecule has 0 aliphatic carbocycles. The van der Waals surface area contributed by atoms with Crippen LogP contribution in [0.4, 0.5) is 0 Å². The first-order chi connectivity index (χ1) is 13.1. The van der Waals surface area contributed by atoms with Crippen molar-refractivity contribution >= 4 is 27.0 Å². The summed E-state index contributed by atoms with van der Waals surface area (Å²) in [6.07, 6.45) is 12.5. The van der Waals surface area contributed by atoms with E-state index in [9.17, 15) is 4.21 Å². The number of halogens is 1. The van der Waals surface area contributed by atoms with Crippen molar-refractivity contribution in [3.63, 3.8) is 0 Å². The van der Waals surface area contributed by atoms with Gasteiger partial charge in [-0.1, -0.05) is 42.0 Å². The molecule has 4 nitrogen and oxygen atoms in total. The van der Waals surface area contributed by atoms with Crippen molar-refractivity contribution in [1.82, 2.24) is 10.3 Å². The number of hydrogen-bond donors (Lipinski definition) is 1. The van der Waals surface area contributed by atoms with Crippen LogP contribution in [0.25, 0.3) is 0 Å². The molecule has 6 heteroatoms. The molecule has 0 radical (unpaired) electrons. The number of nitrogens with zero attached hydrogens (tertiary/aromatic N) is 2. The maximum atomic E-state index is 12.4. The predicted molar refractivity (Wildman–Crippen MR) is 111 cm³/mol. The minimum atomic E-state index is -1.37. The summed E-state index contributed by atoms with van der Waals surface area (Å²) in [5, 5.41) is 6.75. The van der Waals surface area contributed by atoms with Gasteiger partial charge in [-0.25, -0.2) is 9.20 Å². The van der Waals surface area contributed by atoms with Crippen LogP contribution >= 0.6 is 11.6 Å². The summed E-state index contributed by atoms with van der Waals surface area (Å²) in [5.74, 6) is 0.672. The molecular formula is C21H18ClN3OS. The fraction of sp³-hybridized carbons (Fsp3) is 0.0952. The minimum absolute atomic E-state index is 0.0187. The van der Waals surface area contributed by atoms with Crippen LogP contribution in [0.3, 0.4) is 0 Å². The molecule has 0 amide bonds. The van der Waals surface area contributed by atoms with E-state index in [0.717, 1.165) is 11.1 Å². The second kappa shape index (κ2) is 9.19. The molecule has 0 unspecified atom stereocenters. The van der Waals surface area contributed by atoms with Gasteiger partial charge in [-0.05, 0) is 54.1 Å². The van der Waals surface area contributed by atoms with Crippen LogP contribution in [0.15, 0.2) is 94.9 Å². The molecule has 136 valence electrons. The fourth-order valence-electron chi connectivity index (χ4n) is 2.42. The van der Waals surface area contributed by atoms with Crippen LogP contribution in [0.1, 0.15) is 24.1 Å². The molecule has 0 bridgehead atoms. The zero-order chi connectivity index (χ0) is 19.1. The maximum absolute atomic E-state index is 12.4. The number of aromatic nitrogens is 1. The molecule has 1 N–H and O–H groups in total. The Kier molecular flexibility index (Phi) is 6.44. The van der Waals surface area contributed by atoms with Gasteiger partial charge in [0.1, 0.15) is 11.0 Å². The standard InChI is InChI=1S/C21H18ClN3OS/c1-16(24-21-11-4-2-3-10-20(22)25-21)18-8-5-7-17(13-18)15-27(26)19-9-6-12-23-14-19/h2-14,16H,1H3,(H,24,25)/t16-/m0/s1. The van der Waals surface area contributed by atoms with Crippen molar-refractivity contribution in [3.8, 4) is 5.18 Å². The smallest absolute Gasteiger partial charge is 0.131 e. The molecule has 1 aromatic heterocycles. The van der Waals surface area contributed by atoms with Crippen molar-refractivity contribution < 1.29 is 4.21 Å². The first-order valence-corrected chi connectivity index (χ1v) is 9.89. The van der Waals surface area contributed by atoms with Gasteiger partial charge >= 0.3 is 0 Å². The molecule has 0 saturated carbocycles. The van der Waals surface area contributed by atoms with E-state index in [4.69, 9.17) is 11.6 Å². The summed E-state index contributed by atoms with van der Waals surface area (Å²) in [4.78, 5) is 8.95. The van der Waals surface area contributed by atoms with E-state index in [1.54, 1.807) is 30.6 Å². The zero-order valence-electron chi connectivity index (χ0n) is 14.7. The number of hydrogen-bond acceptors (Lipinski definition) is 4. The van der Waals surface area contributed by atoms with Gasteiger partial charge in [0.2, 0.25) is 0 Å². The lowest BCUT2D eigenvalue weighted by Gasteiger charge is -2.16. The normalized spacial score (nSPS) is 20.5. The first-order valence-electron chi connectivity index (χ1n) is 8.36. The van der Waals surface area contributed by atoms with Gasteiger partial charge in [0.25, 0.3) is 0 Å². The van der Waals surface area contributed by atoms with Crippen molar-refractivity contribution in [2.45, 2.75) is 17.9 Å². The van der Waals surface area contributed by atoms with E-state index in [0.29, 0.717) is 15.9 Å². The highest BCUT2D eigenvalue weighted by Crippen LogP contribution is 2.17. The maximum Gasteiger partial charge on any atom is 0.131 e. The van der Waals surface area contributed by atoms with Crippen LogP contribution < -0.4 is 5.32 Å². The van der Waals surface area contributed by atoms with Gasteiger partial charge in [-0.3, -0.25) is 4.98 Å². The Morgan fingerprint density at radius 1 is 1.19 bits per heavy atom. The molecule has 2 heterocycles. The second-order valence-corrected chi connectivity index (χ2v) is 7.38. The summed E-state index contributed by atoms with van der Waals surface area (Å²) in [7, 11) is -1.37. The molecule has 0 saturated heterocycles. The summed E-state index contributed by atoms with van der Waals surface area (Å²) >= 11 is 6.06. The molecule has 1 atom stereocenters. The molecule has 2 aromatic rings. The Morgan fingerprint density at radius 3 is 2.89 bits per heavy atom. The fourth-order valence-corrected chi connectivity index (χ4v) is 3.40. The van der Waals surface area contributed by atoms with Gasteiger partial charge in [0.15, 0.2) is 0 Å². The van der Waals surface area contributed by atoms with E-state index in [1.165, 1.54) is 0 Å². The van der Waals surface area contributed by atoms with E-state index in [-0.39, 0.29) is 6.04 Å². The van der Waals surface area contributed by atoms with Crippen LogP contribution in [0, 0.1) is 5.18 Å². The average Bonchev–Trinajstić information content (AvgIpc) is 2.66. The van der Waals surface area contributed by atoms with Crippen molar-refractivity contribution in [1.29, 1.82) is 0 Å². The third kappa shape index (κ3) is 5.56.